The second-order valence-electron chi connectivity index (χ2n) is 6.45. The zero-order valence-corrected chi connectivity index (χ0v) is 13.2. The van der Waals surface area contributed by atoms with E-state index in [0.717, 1.165) is 50.6 Å². The van der Waals surface area contributed by atoms with E-state index >= 15 is 0 Å². The Morgan fingerprint density at radius 3 is 2.14 bits per heavy atom. The van der Waals surface area contributed by atoms with Crippen molar-refractivity contribution in [3.05, 3.63) is 24.0 Å². The number of anilines is 2. The molecule has 21 heavy (non-hydrogen) atoms. The number of rotatable bonds is 3. The van der Waals surface area contributed by atoms with Gasteiger partial charge in [0.15, 0.2) is 0 Å². The lowest BCUT2D eigenvalue weighted by Gasteiger charge is -2.38. The van der Waals surface area contributed by atoms with E-state index in [1.165, 1.54) is 12.8 Å². The molecular formula is C17H26FN3. The van der Waals surface area contributed by atoms with Crippen LogP contribution < -0.4 is 9.80 Å². The van der Waals surface area contributed by atoms with Crippen molar-refractivity contribution in [3.8, 4) is 0 Å². The number of piperazine rings is 1. The lowest BCUT2D eigenvalue weighted by molar-refractivity contribution is 0.209. The summed E-state index contributed by atoms with van der Waals surface area (Å²) in [5.41, 5.74) is 1.80. The Bertz CT molecular complexity index is 475. The molecule has 2 fully saturated rings. The van der Waals surface area contributed by atoms with Crippen LogP contribution in [0, 0.1) is 5.82 Å². The summed E-state index contributed by atoms with van der Waals surface area (Å²) in [4.78, 5) is 6.94. The average molecular weight is 291 g/mol. The number of hydrogen-bond acceptors (Lipinski definition) is 3. The maximum absolute atomic E-state index is 14.4. The SMILES string of the molecule is CC(C)N1CCN(c2ccc(N3CCCC3)c(F)c2)CC1. The van der Waals surface area contributed by atoms with Gasteiger partial charge in [0.25, 0.3) is 0 Å². The molecule has 0 saturated carbocycles. The van der Waals surface area contributed by atoms with Gasteiger partial charge in [-0.25, -0.2) is 4.39 Å². The minimum atomic E-state index is -0.0688. The van der Waals surface area contributed by atoms with Crippen molar-refractivity contribution >= 4 is 11.4 Å². The molecule has 4 heteroatoms. The monoisotopic (exact) mass is 291 g/mol. The summed E-state index contributed by atoms with van der Waals surface area (Å²) in [5, 5.41) is 0. The van der Waals surface area contributed by atoms with E-state index < -0.39 is 0 Å². The molecule has 3 rings (SSSR count). The number of hydrogen-bond donors (Lipinski definition) is 0. The fourth-order valence-electron chi connectivity index (χ4n) is 3.40. The van der Waals surface area contributed by atoms with Gasteiger partial charge in [-0.2, -0.15) is 0 Å². The quantitative estimate of drug-likeness (QED) is 0.848. The third-order valence-electron chi connectivity index (χ3n) is 4.79. The van der Waals surface area contributed by atoms with Crippen molar-refractivity contribution in [2.24, 2.45) is 0 Å². The molecular weight excluding hydrogens is 265 g/mol. The Labute approximate surface area is 127 Å². The van der Waals surface area contributed by atoms with Crippen LogP contribution in [0.3, 0.4) is 0 Å². The fraction of sp³-hybridized carbons (Fsp3) is 0.647. The van der Waals surface area contributed by atoms with Crippen molar-refractivity contribution < 1.29 is 4.39 Å². The van der Waals surface area contributed by atoms with Crippen molar-refractivity contribution in [2.45, 2.75) is 32.7 Å². The van der Waals surface area contributed by atoms with Crippen LogP contribution in [0.15, 0.2) is 18.2 Å². The van der Waals surface area contributed by atoms with Crippen molar-refractivity contribution in [3.63, 3.8) is 0 Å². The summed E-state index contributed by atoms with van der Waals surface area (Å²) in [6.45, 7) is 10.6. The van der Waals surface area contributed by atoms with Gasteiger partial charge in [-0.1, -0.05) is 0 Å². The first-order valence-corrected chi connectivity index (χ1v) is 8.18. The topological polar surface area (TPSA) is 9.72 Å². The summed E-state index contributed by atoms with van der Waals surface area (Å²) in [7, 11) is 0. The van der Waals surface area contributed by atoms with Crippen molar-refractivity contribution in [2.75, 3.05) is 49.1 Å². The normalized spacial score (nSPS) is 20.6. The zero-order valence-electron chi connectivity index (χ0n) is 13.2. The van der Waals surface area contributed by atoms with Gasteiger partial charge in [0.1, 0.15) is 5.82 Å². The van der Waals surface area contributed by atoms with Crippen molar-refractivity contribution in [1.82, 2.24) is 4.90 Å². The van der Waals surface area contributed by atoms with Crippen LogP contribution in [-0.4, -0.2) is 50.2 Å². The van der Waals surface area contributed by atoms with Gasteiger partial charge < -0.3 is 9.80 Å². The summed E-state index contributed by atoms with van der Waals surface area (Å²) >= 11 is 0. The molecule has 2 aliphatic rings. The minimum Gasteiger partial charge on any atom is -0.369 e. The van der Waals surface area contributed by atoms with E-state index in [-0.39, 0.29) is 5.82 Å². The molecule has 0 radical (unpaired) electrons. The molecule has 2 aliphatic heterocycles. The minimum absolute atomic E-state index is 0.0688. The third-order valence-corrected chi connectivity index (χ3v) is 4.79. The van der Waals surface area contributed by atoms with Crippen LogP contribution in [0.1, 0.15) is 26.7 Å². The molecule has 0 N–H and O–H groups in total. The number of nitrogens with zero attached hydrogens (tertiary/aromatic N) is 3. The fourth-order valence-corrected chi connectivity index (χ4v) is 3.40. The highest BCUT2D eigenvalue weighted by atomic mass is 19.1. The number of benzene rings is 1. The van der Waals surface area contributed by atoms with Crippen molar-refractivity contribution in [1.29, 1.82) is 0 Å². The highest BCUT2D eigenvalue weighted by Crippen LogP contribution is 2.28. The average Bonchev–Trinajstić information content (AvgIpc) is 3.01. The molecule has 0 bridgehead atoms. The molecule has 0 unspecified atom stereocenters. The Morgan fingerprint density at radius 1 is 0.905 bits per heavy atom. The first kappa shape index (κ1) is 14.6. The van der Waals surface area contributed by atoms with Gasteiger partial charge in [-0.05, 0) is 44.9 Å². The molecule has 0 amide bonds. The van der Waals surface area contributed by atoms with E-state index in [2.05, 4.69) is 34.6 Å². The zero-order chi connectivity index (χ0) is 14.8. The molecule has 0 aliphatic carbocycles. The predicted molar refractivity (Wildman–Crippen MR) is 86.8 cm³/mol. The third kappa shape index (κ3) is 3.15. The Kier molecular flexibility index (Phi) is 4.34. The summed E-state index contributed by atoms with van der Waals surface area (Å²) in [5.74, 6) is -0.0688. The van der Waals surface area contributed by atoms with Gasteiger partial charge >= 0.3 is 0 Å². The molecule has 0 spiro atoms. The molecule has 116 valence electrons. The van der Waals surface area contributed by atoms with E-state index in [1.54, 1.807) is 6.07 Å². The van der Waals surface area contributed by atoms with Crippen LogP contribution in [0.5, 0.6) is 0 Å². The van der Waals surface area contributed by atoms with Gasteiger partial charge in [-0.15, -0.1) is 0 Å². The maximum atomic E-state index is 14.4. The van der Waals surface area contributed by atoms with Crippen LogP contribution in [0.25, 0.3) is 0 Å². The van der Waals surface area contributed by atoms with Crippen LogP contribution in [0.4, 0.5) is 15.8 Å². The van der Waals surface area contributed by atoms with Crippen LogP contribution in [-0.2, 0) is 0 Å². The molecule has 3 nitrogen and oxygen atoms in total. The van der Waals surface area contributed by atoms with Crippen LogP contribution >= 0.6 is 0 Å². The lowest BCUT2D eigenvalue weighted by Crippen LogP contribution is -2.48. The maximum Gasteiger partial charge on any atom is 0.148 e. The molecule has 2 heterocycles. The molecule has 0 aromatic heterocycles. The highest BCUT2D eigenvalue weighted by molar-refractivity contribution is 5.58. The largest absolute Gasteiger partial charge is 0.369 e. The van der Waals surface area contributed by atoms with Gasteiger partial charge in [0, 0.05) is 51.0 Å². The summed E-state index contributed by atoms with van der Waals surface area (Å²) in [6.07, 6.45) is 2.36. The summed E-state index contributed by atoms with van der Waals surface area (Å²) in [6, 6.07) is 6.37. The Balaban J connectivity index is 1.68. The smallest absolute Gasteiger partial charge is 0.148 e. The van der Waals surface area contributed by atoms with E-state index in [9.17, 15) is 4.39 Å². The molecule has 2 saturated heterocycles. The lowest BCUT2D eigenvalue weighted by atomic mass is 10.2. The van der Waals surface area contributed by atoms with Gasteiger partial charge in [0.2, 0.25) is 0 Å². The number of halogens is 1. The predicted octanol–water partition coefficient (Wildman–Crippen LogP) is 2.96. The van der Waals surface area contributed by atoms with Crippen LogP contribution in [0.2, 0.25) is 0 Å². The first-order valence-electron chi connectivity index (χ1n) is 8.18. The molecule has 0 atom stereocenters. The second-order valence-corrected chi connectivity index (χ2v) is 6.45. The molecule has 1 aromatic rings. The van der Waals surface area contributed by atoms with Gasteiger partial charge in [0.05, 0.1) is 5.69 Å². The Morgan fingerprint density at radius 2 is 1.57 bits per heavy atom. The van der Waals surface area contributed by atoms with Gasteiger partial charge in [-0.3, -0.25) is 4.90 Å². The van der Waals surface area contributed by atoms with E-state index in [4.69, 9.17) is 0 Å². The first-order chi connectivity index (χ1) is 10.1. The highest BCUT2D eigenvalue weighted by Gasteiger charge is 2.21. The second kappa shape index (κ2) is 6.22. The summed E-state index contributed by atoms with van der Waals surface area (Å²) < 4.78 is 14.4. The standard InChI is InChI=1S/C17H26FN3/c1-14(2)19-9-11-20(12-10-19)15-5-6-17(16(18)13-15)21-7-3-4-8-21/h5-6,13-14H,3-4,7-12H2,1-2H3. The Hall–Kier alpha value is -1.29. The molecule has 1 aromatic carbocycles. The van der Waals surface area contributed by atoms with E-state index in [0.29, 0.717) is 6.04 Å². The van der Waals surface area contributed by atoms with E-state index in [1.807, 2.05) is 6.07 Å².